The molecular weight excluding hydrogens is 369 g/mol. The van der Waals surface area contributed by atoms with Crippen LogP contribution in [0.15, 0.2) is 42.6 Å². The molecule has 1 unspecified atom stereocenters. The molecule has 0 spiro atoms. The minimum atomic E-state index is -0.131. The summed E-state index contributed by atoms with van der Waals surface area (Å²) in [6.07, 6.45) is 7.34. The normalized spacial score (nSPS) is 16.1. The molecule has 26 heavy (non-hydrogen) atoms. The van der Waals surface area contributed by atoms with E-state index >= 15 is 0 Å². The van der Waals surface area contributed by atoms with Crippen molar-refractivity contribution in [3.63, 3.8) is 0 Å². The maximum atomic E-state index is 13.1. The molecule has 1 aromatic heterocycles. The van der Waals surface area contributed by atoms with Crippen LogP contribution >= 0.6 is 23.2 Å². The zero-order chi connectivity index (χ0) is 18.5. The molecule has 3 rings (SSSR count). The van der Waals surface area contributed by atoms with E-state index in [1.54, 1.807) is 24.4 Å². The molecule has 1 N–H and O–H groups in total. The molecule has 4 nitrogen and oxygen atoms in total. The number of nitrogens with one attached hydrogen (secondary N) is 1. The van der Waals surface area contributed by atoms with Crippen LogP contribution in [0.5, 0.6) is 0 Å². The molecule has 138 valence electrons. The number of aromatic nitrogens is 1. The third-order valence-corrected chi connectivity index (χ3v) is 5.65. The van der Waals surface area contributed by atoms with Crippen molar-refractivity contribution in [2.45, 2.75) is 51.1 Å². The molecule has 2 aromatic rings. The van der Waals surface area contributed by atoms with Gasteiger partial charge in [0.25, 0.3) is 0 Å². The molecule has 1 atom stereocenters. The van der Waals surface area contributed by atoms with Gasteiger partial charge in [0.05, 0.1) is 21.8 Å². The van der Waals surface area contributed by atoms with Crippen molar-refractivity contribution in [1.29, 1.82) is 0 Å². The summed E-state index contributed by atoms with van der Waals surface area (Å²) < 4.78 is 0. The topological polar surface area (TPSA) is 45.2 Å². The summed E-state index contributed by atoms with van der Waals surface area (Å²) in [5, 5.41) is 3.86. The van der Waals surface area contributed by atoms with Gasteiger partial charge in [-0.3, -0.25) is 4.98 Å². The number of amides is 2. The first-order valence-electron chi connectivity index (χ1n) is 9.01. The van der Waals surface area contributed by atoms with E-state index in [9.17, 15) is 4.79 Å². The highest BCUT2D eigenvalue weighted by Crippen LogP contribution is 2.31. The standard InChI is InChI=1S/C20H23Cl2N3O/c1-14(19-9-5-6-12-23-19)25(16-7-3-2-4-8-16)20(26)24-15-10-11-17(21)18(22)13-15/h5-6,9-14,16H,2-4,7-8H2,1H3,(H,24,26). The summed E-state index contributed by atoms with van der Waals surface area (Å²) in [4.78, 5) is 19.5. The highest BCUT2D eigenvalue weighted by atomic mass is 35.5. The smallest absolute Gasteiger partial charge is 0.313 e. The Morgan fingerprint density at radius 1 is 1.15 bits per heavy atom. The van der Waals surface area contributed by atoms with Crippen molar-refractivity contribution in [1.82, 2.24) is 9.88 Å². The van der Waals surface area contributed by atoms with Crippen molar-refractivity contribution in [3.8, 4) is 0 Å². The molecule has 0 radical (unpaired) electrons. The highest BCUT2D eigenvalue weighted by Gasteiger charge is 2.31. The van der Waals surface area contributed by atoms with Crippen LogP contribution in [0.4, 0.5) is 10.5 Å². The Labute approximate surface area is 164 Å². The number of hydrogen-bond acceptors (Lipinski definition) is 2. The van der Waals surface area contributed by atoms with Crippen LogP contribution in [-0.4, -0.2) is 22.0 Å². The van der Waals surface area contributed by atoms with Gasteiger partial charge in [-0.25, -0.2) is 4.79 Å². The average Bonchev–Trinajstić information content (AvgIpc) is 2.66. The predicted octanol–water partition coefficient (Wildman–Crippen LogP) is 6.32. The number of pyridine rings is 1. The van der Waals surface area contributed by atoms with Crippen molar-refractivity contribution < 1.29 is 4.79 Å². The number of benzene rings is 1. The highest BCUT2D eigenvalue weighted by molar-refractivity contribution is 6.42. The summed E-state index contributed by atoms with van der Waals surface area (Å²) >= 11 is 12.0. The van der Waals surface area contributed by atoms with Gasteiger partial charge in [-0.05, 0) is 50.1 Å². The van der Waals surface area contributed by atoms with Crippen molar-refractivity contribution in [2.75, 3.05) is 5.32 Å². The van der Waals surface area contributed by atoms with Gasteiger partial charge < -0.3 is 10.2 Å². The second kappa shape index (κ2) is 8.74. The Kier molecular flexibility index (Phi) is 6.38. The third kappa shape index (κ3) is 4.49. The number of hydrogen-bond donors (Lipinski definition) is 1. The van der Waals surface area contributed by atoms with Gasteiger partial charge in [-0.15, -0.1) is 0 Å². The van der Waals surface area contributed by atoms with Gasteiger partial charge in [0.1, 0.15) is 0 Å². The molecular formula is C20H23Cl2N3O. The molecule has 0 bridgehead atoms. The number of anilines is 1. The lowest BCUT2D eigenvalue weighted by molar-refractivity contribution is 0.138. The third-order valence-electron chi connectivity index (χ3n) is 4.91. The Balaban J connectivity index is 1.83. The van der Waals surface area contributed by atoms with E-state index < -0.39 is 0 Å². The lowest BCUT2D eigenvalue weighted by atomic mass is 9.93. The van der Waals surface area contributed by atoms with Gasteiger partial charge in [0, 0.05) is 17.9 Å². The lowest BCUT2D eigenvalue weighted by Crippen LogP contribution is -2.45. The lowest BCUT2D eigenvalue weighted by Gasteiger charge is -2.38. The van der Waals surface area contributed by atoms with E-state index in [0.29, 0.717) is 15.7 Å². The second-order valence-electron chi connectivity index (χ2n) is 6.69. The Hall–Kier alpha value is -1.78. The monoisotopic (exact) mass is 391 g/mol. The molecule has 1 aliphatic rings. The Bertz CT molecular complexity index is 748. The van der Waals surface area contributed by atoms with E-state index in [1.165, 1.54) is 6.42 Å². The van der Waals surface area contributed by atoms with Crippen LogP contribution in [0.25, 0.3) is 0 Å². The van der Waals surface area contributed by atoms with Gasteiger partial charge in [-0.2, -0.15) is 0 Å². The van der Waals surface area contributed by atoms with Gasteiger partial charge in [0.15, 0.2) is 0 Å². The molecule has 0 aliphatic heterocycles. The summed E-state index contributed by atoms with van der Waals surface area (Å²) in [6.45, 7) is 2.03. The fourth-order valence-corrected chi connectivity index (χ4v) is 3.84. The minimum absolute atomic E-state index is 0.109. The molecule has 1 fully saturated rings. The fraction of sp³-hybridized carbons (Fsp3) is 0.400. The van der Waals surface area contributed by atoms with E-state index in [4.69, 9.17) is 23.2 Å². The van der Waals surface area contributed by atoms with Gasteiger partial charge in [0.2, 0.25) is 0 Å². The van der Waals surface area contributed by atoms with E-state index in [0.717, 1.165) is 31.4 Å². The van der Waals surface area contributed by atoms with Crippen LogP contribution in [0.2, 0.25) is 10.0 Å². The average molecular weight is 392 g/mol. The molecule has 1 aliphatic carbocycles. The zero-order valence-corrected chi connectivity index (χ0v) is 16.3. The van der Waals surface area contributed by atoms with Gasteiger partial charge in [-0.1, -0.05) is 48.5 Å². The number of carbonyl (C=O) groups is 1. The summed E-state index contributed by atoms with van der Waals surface area (Å²) in [7, 11) is 0. The van der Waals surface area contributed by atoms with Crippen molar-refractivity contribution in [2.24, 2.45) is 0 Å². The Morgan fingerprint density at radius 3 is 2.58 bits per heavy atom. The molecule has 1 aromatic carbocycles. The SMILES string of the molecule is CC(c1ccccn1)N(C(=O)Nc1ccc(Cl)c(Cl)c1)C1CCCCC1. The first-order valence-corrected chi connectivity index (χ1v) is 9.77. The molecule has 2 amide bonds. The first-order chi connectivity index (χ1) is 12.6. The first kappa shape index (κ1) is 19.0. The van der Waals surface area contributed by atoms with Crippen LogP contribution in [0.1, 0.15) is 50.8 Å². The predicted molar refractivity (Wildman–Crippen MR) is 107 cm³/mol. The van der Waals surface area contributed by atoms with Gasteiger partial charge >= 0.3 is 6.03 Å². The summed E-state index contributed by atoms with van der Waals surface area (Å²) in [6, 6.07) is 10.9. The number of carbonyl (C=O) groups excluding carboxylic acids is 1. The maximum Gasteiger partial charge on any atom is 0.322 e. The van der Waals surface area contributed by atoms with Crippen molar-refractivity contribution >= 4 is 34.9 Å². The number of urea groups is 1. The van der Waals surface area contributed by atoms with Crippen molar-refractivity contribution in [3.05, 3.63) is 58.3 Å². The van der Waals surface area contributed by atoms with Crippen LogP contribution in [0, 0.1) is 0 Å². The van der Waals surface area contributed by atoms with Crippen LogP contribution in [-0.2, 0) is 0 Å². The second-order valence-corrected chi connectivity index (χ2v) is 7.50. The van der Waals surface area contributed by atoms with Crippen LogP contribution in [0.3, 0.4) is 0 Å². The number of nitrogens with zero attached hydrogens (tertiary/aromatic N) is 2. The molecule has 1 saturated carbocycles. The summed E-state index contributed by atoms with van der Waals surface area (Å²) in [5.41, 5.74) is 1.53. The minimum Gasteiger partial charge on any atom is -0.313 e. The van der Waals surface area contributed by atoms with E-state index in [-0.39, 0.29) is 18.1 Å². The quantitative estimate of drug-likeness (QED) is 0.662. The molecule has 1 heterocycles. The zero-order valence-electron chi connectivity index (χ0n) is 14.8. The molecule has 6 heteroatoms. The summed E-state index contributed by atoms with van der Waals surface area (Å²) in [5.74, 6) is 0. The number of halogens is 2. The number of rotatable bonds is 4. The van der Waals surface area contributed by atoms with Crippen LogP contribution < -0.4 is 5.32 Å². The molecule has 0 saturated heterocycles. The fourth-order valence-electron chi connectivity index (χ4n) is 3.54. The maximum absolute atomic E-state index is 13.1. The largest absolute Gasteiger partial charge is 0.322 e. The van der Waals surface area contributed by atoms with E-state index in [1.807, 2.05) is 30.0 Å². The Morgan fingerprint density at radius 2 is 1.92 bits per heavy atom. The van der Waals surface area contributed by atoms with E-state index in [2.05, 4.69) is 10.3 Å².